The number of ether oxygens (including phenoxy) is 1. The molecule has 0 amide bonds. The second-order valence-corrected chi connectivity index (χ2v) is 6.54. The van der Waals surface area contributed by atoms with Crippen LogP contribution in [0.4, 0.5) is 0 Å². The van der Waals surface area contributed by atoms with Crippen LogP contribution in [0.2, 0.25) is 0 Å². The van der Waals surface area contributed by atoms with Crippen LogP contribution in [0.5, 0.6) is 0 Å². The summed E-state index contributed by atoms with van der Waals surface area (Å²) in [4.78, 5) is 23.2. The van der Waals surface area contributed by atoms with Crippen molar-refractivity contribution < 1.29 is 14.3 Å². The van der Waals surface area contributed by atoms with Crippen LogP contribution in [-0.2, 0) is 14.3 Å². The largest absolute Gasteiger partial charge is 0.465 e. The zero-order valence-corrected chi connectivity index (χ0v) is 15.5. The van der Waals surface area contributed by atoms with E-state index in [0.717, 1.165) is 25.7 Å². The molecule has 0 aliphatic rings. The van der Waals surface area contributed by atoms with Gasteiger partial charge in [-0.1, -0.05) is 78.1 Å². The highest BCUT2D eigenvalue weighted by Crippen LogP contribution is 2.09. The van der Waals surface area contributed by atoms with E-state index < -0.39 is 0 Å². The molecule has 0 saturated heterocycles. The lowest BCUT2D eigenvalue weighted by molar-refractivity contribution is -0.144. The van der Waals surface area contributed by atoms with Crippen molar-refractivity contribution in [2.75, 3.05) is 6.61 Å². The van der Waals surface area contributed by atoms with Gasteiger partial charge in [-0.15, -0.1) is 0 Å². The summed E-state index contributed by atoms with van der Waals surface area (Å²) in [5.41, 5.74) is 0. The smallest absolute Gasteiger partial charge is 0.305 e. The normalized spacial score (nSPS) is 10.7. The molecule has 0 heterocycles. The first-order valence-corrected chi connectivity index (χ1v) is 9.88. The van der Waals surface area contributed by atoms with Crippen molar-refractivity contribution >= 4 is 11.8 Å². The van der Waals surface area contributed by atoms with E-state index in [1.807, 2.05) is 0 Å². The average molecular weight is 327 g/mol. The summed E-state index contributed by atoms with van der Waals surface area (Å²) in [7, 11) is 0. The minimum absolute atomic E-state index is 0.146. The first kappa shape index (κ1) is 22.1. The Hall–Kier alpha value is -0.860. The molecule has 0 aliphatic carbocycles. The van der Waals surface area contributed by atoms with Gasteiger partial charge in [-0.25, -0.2) is 0 Å². The fourth-order valence-corrected chi connectivity index (χ4v) is 2.63. The third-order valence-corrected chi connectivity index (χ3v) is 4.19. The number of esters is 1. The lowest BCUT2D eigenvalue weighted by Crippen LogP contribution is -2.09. The van der Waals surface area contributed by atoms with Gasteiger partial charge in [0.15, 0.2) is 0 Å². The SMILES string of the molecule is CCCCCCCCC(=O)CCOC(=O)CCCCCCCC. The lowest BCUT2D eigenvalue weighted by Gasteiger charge is -2.05. The van der Waals surface area contributed by atoms with Gasteiger partial charge in [-0.3, -0.25) is 9.59 Å². The molecule has 3 heteroatoms. The quantitative estimate of drug-likeness (QED) is 0.243. The second-order valence-electron chi connectivity index (χ2n) is 6.54. The predicted octanol–water partition coefficient (Wildman–Crippen LogP) is 5.99. The van der Waals surface area contributed by atoms with Crippen molar-refractivity contribution in [1.82, 2.24) is 0 Å². The van der Waals surface area contributed by atoms with Crippen LogP contribution in [0.3, 0.4) is 0 Å². The van der Waals surface area contributed by atoms with Gasteiger partial charge in [0.05, 0.1) is 6.61 Å². The van der Waals surface area contributed by atoms with E-state index in [2.05, 4.69) is 13.8 Å². The molecule has 3 nitrogen and oxygen atoms in total. The molecule has 0 spiro atoms. The molecule has 0 aromatic heterocycles. The van der Waals surface area contributed by atoms with Gasteiger partial charge in [0, 0.05) is 19.3 Å². The minimum Gasteiger partial charge on any atom is -0.465 e. The van der Waals surface area contributed by atoms with Crippen molar-refractivity contribution in [3.05, 3.63) is 0 Å². The standard InChI is InChI=1S/C20H38O3/c1-3-5-7-9-11-13-15-19(21)17-18-23-20(22)16-14-12-10-8-6-4-2/h3-18H2,1-2H3. The zero-order valence-electron chi connectivity index (χ0n) is 15.5. The summed E-state index contributed by atoms with van der Waals surface area (Å²) in [6, 6.07) is 0. The Labute approximate surface area is 143 Å². The Morgan fingerprint density at radius 2 is 1.09 bits per heavy atom. The van der Waals surface area contributed by atoms with Gasteiger partial charge >= 0.3 is 5.97 Å². The predicted molar refractivity (Wildman–Crippen MR) is 96.6 cm³/mol. The molecule has 0 unspecified atom stereocenters. The monoisotopic (exact) mass is 326 g/mol. The minimum atomic E-state index is -0.146. The van der Waals surface area contributed by atoms with E-state index in [4.69, 9.17) is 4.74 Å². The number of hydrogen-bond donors (Lipinski definition) is 0. The van der Waals surface area contributed by atoms with Crippen LogP contribution in [0, 0.1) is 0 Å². The van der Waals surface area contributed by atoms with Crippen LogP contribution >= 0.6 is 0 Å². The number of unbranched alkanes of at least 4 members (excludes halogenated alkanes) is 10. The summed E-state index contributed by atoms with van der Waals surface area (Å²) in [5.74, 6) is 0.0840. The molecule has 0 aromatic carbocycles. The molecule has 0 saturated carbocycles. The van der Waals surface area contributed by atoms with Crippen LogP contribution in [-0.4, -0.2) is 18.4 Å². The molecule has 0 bridgehead atoms. The molecule has 0 radical (unpaired) electrons. The van der Waals surface area contributed by atoms with Gasteiger partial charge in [0.25, 0.3) is 0 Å². The maximum absolute atomic E-state index is 11.7. The highest BCUT2D eigenvalue weighted by molar-refractivity contribution is 5.78. The Balaban J connectivity index is 3.33. The van der Waals surface area contributed by atoms with Crippen LogP contribution < -0.4 is 0 Å². The Kier molecular flexibility index (Phi) is 16.8. The maximum atomic E-state index is 11.7. The zero-order chi connectivity index (χ0) is 17.2. The highest BCUT2D eigenvalue weighted by atomic mass is 16.5. The van der Waals surface area contributed by atoms with Crippen LogP contribution in [0.1, 0.15) is 110 Å². The molecule has 0 aliphatic heterocycles. The lowest BCUT2D eigenvalue weighted by atomic mass is 10.1. The van der Waals surface area contributed by atoms with E-state index in [1.54, 1.807) is 0 Å². The summed E-state index contributed by atoms with van der Waals surface area (Å²) in [6.45, 7) is 4.67. The first-order valence-electron chi connectivity index (χ1n) is 9.88. The molecule has 0 fully saturated rings. The number of carbonyl (C=O) groups is 2. The first-order chi connectivity index (χ1) is 11.2. The van der Waals surface area contributed by atoms with Gasteiger partial charge in [0.2, 0.25) is 0 Å². The third-order valence-electron chi connectivity index (χ3n) is 4.19. The fourth-order valence-electron chi connectivity index (χ4n) is 2.63. The van der Waals surface area contributed by atoms with Crippen LogP contribution in [0.15, 0.2) is 0 Å². The summed E-state index contributed by atoms with van der Waals surface area (Å²) >= 11 is 0. The third kappa shape index (κ3) is 17.3. The molecule has 0 rings (SSSR count). The molecule has 0 N–H and O–H groups in total. The van der Waals surface area contributed by atoms with Crippen molar-refractivity contribution in [2.24, 2.45) is 0 Å². The number of carbonyl (C=O) groups excluding carboxylic acids is 2. The number of rotatable bonds is 17. The van der Waals surface area contributed by atoms with Gasteiger partial charge in [-0.2, -0.15) is 0 Å². The Morgan fingerprint density at radius 1 is 0.609 bits per heavy atom. The number of ketones is 1. The fraction of sp³-hybridized carbons (Fsp3) is 0.900. The van der Waals surface area contributed by atoms with Crippen molar-refractivity contribution in [2.45, 2.75) is 110 Å². The highest BCUT2D eigenvalue weighted by Gasteiger charge is 2.06. The Bertz CT molecular complexity index is 259. The molecular weight excluding hydrogens is 288 g/mol. The summed E-state index contributed by atoms with van der Waals surface area (Å²) in [6.07, 6.45) is 15.7. The molecule has 23 heavy (non-hydrogen) atoms. The van der Waals surface area contributed by atoms with E-state index in [9.17, 15) is 9.59 Å². The van der Waals surface area contributed by atoms with Gasteiger partial charge < -0.3 is 4.74 Å². The average Bonchev–Trinajstić information content (AvgIpc) is 2.54. The molecule has 0 atom stereocenters. The number of hydrogen-bond acceptors (Lipinski definition) is 3. The topological polar surface area (TPSA) is 43.4 Å². The molecule has 136 valence electrons. The molecular formula is C20H38O3. The van der Waals surface area contributed by atoms with Crippen molar-refractivity contribution in [1.29, 1.82) is 0 Å². The number of Topliss-reactive ketones (excluding diaryl/α,β-unsaturated/α-hetero) is 1. The van der Waals surface area contributed by atoms with Crippen LogP contribution in [0.25, 0.3) is 0 Å². The van der Waals surface area contributed by atoms with E-state index >= 15 is 0 Å². The van der Waals surface area contributed by atoms with Gasteiger partial charge in [0.1, 0.15) is 5.78 Å². The van der Waals surface area contributed by atoms with Crippen molar-refractivity contribution in [3.8, 4) is 0 Å². The summed E-state index contributed by atoms with van der Waals surface area (Å²) < 4.78 is 5.14. The summed E-state index contributed by atoms with van der Waals surface area (Å²) in [5, 5.41) is 0. The Morgan fingerprint density at radius 3 is 1.65 bits per heavy atom. The van der Waals surface area contributed by atoms with E-state index in [0.29, 0.717) is 19.3 Å². The van der Waals surface area contributed by atoms with Gasteiger partial charge in [-0.05, 0) is 12.8 Å². The second kappa shape index (κ2) is 17.5. The van der Waals surface area contributed by atoms with Crippen molar-refractivity contribution in [3.63, 3.8) is 0 Å². The van der Waals surface area contributed by atoms with E-state index in [1.165, 1.54) is 51.4 Å². The molecule has 0 aromatic rings. The van der Waals surface area contributed by atoms with E-state index in [-0.39, 0.29) is 18.4 Å². The maximum Gasteiger partial charge on any atom is 0.305 e.